The number of thiocarbonyl (C=S) groups is 1. The molecule has 1 aliphatic rings. The Bertz CT molecular complexity index is 1090. The van der Waals surface area contributed by atoms with E-state index in [2.05, 4.69) is 10.1 Å². The molecule has 0 spiro atoms. The predicted molar refractivity (Wildman–Crippen MR) is 131 cm³/mol. The van der Waals surface area contributed by atoms with Crippen LogP contribution in [0.3, 0.4) is 0 Å². The zero-order valence-corrected chi connectivity index (χ0v) is 19.8. The van der Waals surface area contributed by atoms with Crippen LogP contribution in [0.2, 0.25) is 0 Å². The van der Waals surface area contributed by atoms with Crippen LogP contribution >= 0.6 is 24.0 Å². The van der Waals surface area contributed by atoms with Crippen molar-refractivity contribution in [1.29, 1.82) is 0 Å². The third kappa shape index (κ3) is 5.63. The molecule has 2 aromatic carbocycles. The minimum Gasteiger partial charge on any atom is -0.465 e. The van der Waals surface area contributed by atoms with Crippen LogP contribution in [-0.2, 0) is 14.3 Å². The van der Waals surface area contributed by atoms with Gasteiger partial charge < -0.3 is 10.1 Å². The van der Waals surface area contributed by atoms with Gasteiger partial charge >= 0.3 is 5.97 Å². The van der Waals surface area contributed by atoms with E-state index in [0.717, 1.165) is 22.4 Å². The van der Waals surface area contributed by atoms with E-state index in [-0.39, 0.29) is 11.8 Å². The van der Waals surface area contributed by atoms with Crippen LogP contribution in [0.15, 0.2) is 47.4 Å². The largest absolute Gasteiger partial charge is 0.465 e. The summed E-state index contributed by atoms with van der Waals surface area (Å²) >= 11 is 6.60. The maximum absolute atomic E-state index is 12.8. The molecule has 0 saturated carbocycles. The van der Waals surface area contributed by atoms with Crippen LogP contribution in [0.5, 0.6) is 0 Å². The van der Waals surface area contributed by atoms with Gasteiger partial charge in [0.05, 0.1) is 17.6 Å². The summed E-state index contributed by atoms with van der Waals surface area (Å²) in [6.07, 6.45) is 2.54. The molecule has 0 aromatic heterocycles. The van der Waals surface area contributed by atoms with E-state index >= 15 is 0 Å². The highest BCUT2D eigenvalue weighted by atomic mass is 32.2. The number of hydrogen-bond acceptors (Lipinski definition) is 6. The van der Waals surface area contributed by atoms with E-state index < -0.39 is 5.97 Å². The molecule has 32 heavy (non-hydrogen) atoms. The van der Waals surface area contributed by atoms with Crippen LogP contribution in [0.1, 0.15) is 39.9 Å². The van der Waals surface area contributed by atoms with Crippen LogP contribution in [0.4, 0.5) is 5.69 Å². The summed E-state index contributed by atoms with van der Waals surface area (Å²) in [6, 6.07) is 12.6. The number of anilines is 1. The quantitative estimate of drug-likeness (QED) is 0.360. The second-order valence-corrected chi connectivity index (χ2v) is 9.02. The number of aryl methyl sites for hydroxylation is 1. The third-order valence-corrected chi connectivity index (χ3v) is 6.55. The molecule has 0 radical (unpaired) electrons. The second-order valence-electron chi connectivity index (χ2n) is 7.35. The van der Waals surface area contributed by atoms with Crippen molar-refractivity contribution < 1.29 is 19.1 Å². The van der Waals surface area contributed by atoms with Gasteiger partial charge in [-0.3, -0.25) is 14.5 Å². The molecule has 1 fully saturated rings. The molecule has 1 saturated heterocycles. The average molecular weight is 469 g/mol. The maximum atomic E-state index is 12.8. The van der Waals surface area contributed by atoms with Crippen LogP contribution in [-0.4, -0.2) is 40.7 Å². The lowest BCUT2D eigenvalue weighted by atomic mass is 10.1. The molecular formula is C24H24N2O4S2. The van der Waals surface area contributed by atoms with Crippen molar-refractivity contribution >= 4 is 57.8 Å². The van der Waals surface area contributed by atoms with Gasteiger partial charge in [-0.15, -0.1) is 0 Å². The summed E-state index contributed by atoms with van der Waals surface area (Å²) in [5.74, 6) is -0.679. The monoisotopic (exact) mass is 468 g/mol. The molecule has 1 N–H and O–H groups in total. The number of benzene rings is 2. The SMILES string of the molecule is COC(=O)c1ccc(/C=C2\SC(=S)N(CCCC(=O)Nc3cccc(C)c3C)C2=O)cc1. The summed E-state index contributed by atoms with van der Waals surface area (Å²) in [4.78, 5) is 38.7. The molecule has 0 unspecified atom stereocenters. The Hall–Kier alpha value is -2.97. The number of carbonyl (C=O) groups excluding carboxylic acids is 3. The lowest BCUT2D eigenvalue weighted by Crippen LogP contribution is -2.29. The van der Waals surface area contributed by atoms with E-state index in [1.807, 2.05) is 32.0 Å². The Morgan fingerprint density at radius 1 is 1.16 bits per heavy atom. The molecule has 0 atom stereocenters. The van der Waals surface area contributed by atoms with Gasteiger partial charge in [0.1, 0.15) is 4.32 Å². The molecule has 0 aliphatic carbocycles. The summed E-state index contributed by atoms with van der Waals surface area (Å²) in [7, 11) is 1.33. The van der Waals surface area contributed by atoms with Gasteiger partial charge in [0, 0.05) is 18.7 Å². The van der Waals surface area contributed by atoms with Gasteiger partial charge in [0.15, 0.2) is 0 Å². The van der Waals surface area contributed by atoms with E-state index in [0.29, 0.717) is 34.2 Å². The van der Waals surface area contributed by atoms with E-state index in [1.54, 1.807) is 30.3 Å². The molecular weight excluding hydrogens is 444 g/mol. The number of carbonyl (C=O) groups is 3. The minimum atomic E-state index is -0.413. The summed E-state index contributed by atoms with van der Waals surface area (Å²) in [5.41, 5.74) is 4.19. The van der Waals surface area contributed by atoms with E-state index in [4.69, 9.17) is 12.2 Å². The molecule has 8 heteroatoms. The highest BCUT2D eigenvalue weighted by molar-refractivity contribution is 8.26. The molecule has 2 aromatic rings. The third-order valence-electron chi connectivity index (χ3n) is 5.17. The van der Waals surface area contributed by atoms with Crippen molar-refractivity contribution in [2.24, 2.45) is 0 Å². The number of ether oxygens (including phenoxy) is 1. The Kier molecular flexibility index (Phi) is 7.82. The fraction of sp³-hybridized carbons (Fsp3) is 0.250. The summed E-state index contributed by atoms with van der Waals surface area (Å²) in [5, 5.41) is 2.93. The first-order valence-corrected chi connectivity index (χ1v) is 11.3. The van der Waals surface area contributed by atoms with Crippen LogP contribution in [0.25, 0.3) is 6.08 Å². The number of esters is 1. The Morgan fingerprint density at radius 2 is 1.88 bits per heavy atom. The number of nitrogens with zero attached hydrogens (tertiary/aromatic N) is 1. The molecule has 0 bridgehead atoms. The minimum absolute atomic E-state index is 0.0922. The van der Waals surface area contributed by atoms with Crippen molar-refractivity contribution in [2.45, 2.75) is 26.7 Å². The molecule has 1 heterocycles. The van der Waals surface area contributed by atoms with E-state index in [9.17, 15) is 14.4 Å². The van der Waals surface area contributed by atoms with E-state index in [1.165, 1.54) is 23.8 Å². The summed E-state index contributed by atoms with van der Waals surface area (Å²) < 4.78 is 5.16. The first-order valence-electron chi connectivity index (χ1n) is 10.1. The number of hydrogen-bond donors (Lipinski definition) is 1. The second kappa shape index (κ2) is 10.6. The fourth-order valence-corrected chi connectivity index (χ4v) is 4.48. The van der Waals surface area contributed by atoms with Crippen molar-refractivity contribution in [3.8, 4) is 0 Å². The number of amides is 2. The first-order chi connectivity index (χ1) is 15.3. The van der Waals surface area contributed by atoms with Crippen molar-refractivity contribution in [1.82, 2.24) is 4.90 Å². The predicted octanol–water partition coefficient (Wildman–Crippen LogP) is 4.71. The Labute approximate surface area is 197 Å². The van der Waals surface area contributed by atoms with Gasteiger partial charge in [0.2, 0.25) is 5.91 Å². The maximum Gasteiger partial charge on any atom is 0.337 e. The molecule has 166 valence electrons. The normalized spacial score (nSPS) is 14.7. The van der Waals surface area contributed by atoms with Crippen molar-refractivity contribution in [2.75, 3.05) is 19.0 Å². The zero-order valence-electron chi connectivity index (χ0n) is 18.1. The lowest BCUT2D eigenvalue weighted by molar-refractivity contribution is -0.122. The summed E-state index contributed by atoms with van der Waals surface area (Å²) in [6.45, 7) is 4.35. The van der Waals surface area contributed by atoms with Crippen molar-refractivity contribution in [3.63, 3.8) is 0 Å². The fourth-order valence-electron chi connectivity index (χ4n) is 3.17. The Balaban J connectivity index is 1.55. The average Bonchev–Trinajstić information content (AvgIpc) is 3.04. The highest BCUT2D eigenvalue weighted by Gasteiger charge is 2.31. The smallest absolute Gasteiger partial charge is 0.337 e. The molecule has 2 amide bonds. The van der Waals surface area contributed by atoms with Crippen LogP contribution in [0, 0.1) is 13.8 Å². The number of thioether (sulfide) groups is 1. The van der Waals surface area contributed by atoms with Gasteiger partial charge in [-0.05, 0) is 61.2 Å². The number of rotatable bonds is 7. The van der Waals surface area contributed by atoms with Gasteiger partial charge in [-0.25, -0.2) is 4.79 Å². The number of nitrogens with one attached hydrogen (secondary N) is 1. The van der Waals surface area contributed by atoms with Crippen molar-refractivity contribution in [3.05, 3.63) is 69.6 Å². The number of methoxy groups -OCH3 is 1. The van der Waals surface area contributed by atoms with Crippen LogP contribution < -0.4 is 5.32 Å². The standard InChI is InChI=1S/C24H24N2O4S2/c1-15-6-4-7-19(16(15)2)25-21(27)8-5-13-26-22(28)20(32-24(26)31)14-17-9-11-18(12-10-17)23(29)30-3/h4,6-7,9-12,14H,5,8,13H2,1-3H3,(H,25,27)/b20-14-. The highest BCUT2D eigenvalue weighted by Crippen LogP contribution is 2.32. The molecule has 6 nitrogen and oxygen atoms in total. The molecule has 1 aliphatic heterocycles. The molecule has 3 rings (SSSR count). The Morgan fingerprint density at radius 3 is 2.56 bits per heavy atom. The van der Waals surface area contributed by atoms with Gasteiger partial charge in [-0.2, -0.15) is 0 Å². The zero-order chi connectivity index (χ0) is 23.3. The van der Waals surface area contributed by atoms with Gasteiger partial charge in [0.25, 0.3) is 5.91 Å². The van der Waals surface area contributed by atoms with Gasteiger partial charge in [-0.1, -0.05) is 48.2 Å². The first kappa shape index (κ1) is 23.7. The lowest BCUT2D eigenvalue weighted by Gasteiger charge is -2.14. The topological polar surface area (TPSA) is 75.7 Å².